The molecule has 0 aromatic carbocycles. The van der Waals surface area contributed by atoms with Crippen molar-refractivity contribution in [2.45, 2.75) is 25.8 Å². The van der Waals surface area contributed by atoms with Gasteiger partial charge in [-0.2, -0.15) is 0 Å². The van der Waals surface area contributed by atoms with Crippen molar-refractivity contribution < 1.29 is 19.4 Å². The highest BCUT2D eigenvalue weighted by Crippen LogP contribution is 1.96. The maximum atomic E-state index is 11.5. The van der Waals surface area contributed by atoms with E-state index in [1.54, 1.807) is 7.11 Å². The van der Waals surface area contributed by atoms with Gasteiger partial charge in [0.2, 0.25) is 0 Å². The summed E-state index contributed by atoms with van der Waals surface area (Å²) >= 11 is 0. The summed E-state index contributed by atoms with van der Waals surface area (Å²) in [7, 11) is 3.56. The maximum absolute atomic E-state index is 11.5. The number of hydrogen-bond donors (Lipinski definition) is 3. The molecule has 19 heavy (non-hydrogen) atoms. The highest BCUT2D eigenvalue weighted by atomic mass is 16.5. The van der Waals surface area contributed by atoms with Crippen LogP contribution in [0.1, 0.15) is 19.8 Å². The molecule has 7 nitrogen and oxygen atoms in total. The van der Waals surface area contributed by atoms with Crippen LogP contribution in [0.2, 0.25) is 0 Å². The Morgan fingerprint density at radius 3 is 2.58 bits per heavy atom. The standard InChI is InChI=1S/C12H25N3O4/c1-4-5-10(11(16)17)14-12(18)13-6-7-15(2)8-9-19-3/h10H,4-9H2,1-3H3,(H,16,17)(H2,13,14,18). The first kappa shape index (κ1) is 17.7. The molecule has 112 valence electrons. The number of likely N-dealkylation sites (N-methyl/N-ethyl adjacent to an activating group) is 1. The van der Waals surface area contributed by atoms with Crippen LogP contribution in [0.25, 0.3) is 0 Å². The topological polar surface area (TPSA) is 90.9 Å². The van der Waals surface area contributed by atoms with Gasteiger partial charge in [0.05, 0.1) is 6.61 Å². The van der Waals surface area contributed by atoms with E-state index in [1.807, 2.05) is 18.9 Å². The first-order valence-corrected chi connectivity index (χ1v) is 6.45. The summed E-state index contributed by atoms with van der Waals surface area (Å²) in [6.07, 6.45) is 1.13. The molecule has 2 amide bonds. The molecule has 3 N–H and O–H groups in total. The van der Waals surface area contributed by atoms with E-state index in [1.165, 1.54) is 0 Å². The van der Waals surface area contributed by atoms with E-state index in [9.17, 15) is 9.59 Å². The molecule has 0 fully saturated rings. The Labute approximate surface area is 114 Å². The summed E-state index contributed by atoms with van der Waals surface area (Å²) in [6.45, 7) is 4.45. The van der Waals surface area contributed by atoms with E-state index in [-0.39, 0.29) is 0 Å². The number of urea groups is 1. The van der Waals surface area contributed by atoms with E-state index in [0.717, 1.165) is 6.54 Å². The molecule has 0 spiro atoms. The van der Waals surface area contributed by atoms with Crippen molar-refractivity contribution in [2.24, 2.45) is 0 Å². The van der Waals surface area contributed by atoms with Gasteiger partial charge < -0.3 is 25.4 Å². The first-order chi connectivity index (χ1) is 9.01. The predicted molar refractivity (Wildman–Crippen MR) is 72.2 cm³/mol. The minimum atomic E-state index is -1.01. The van der Waals surface area contributed by atoms with Crippen molar-refractivity contribution in [3.8, 4) is 0 Å². The predicted octanol–water partition coefficient (Wildman–Crippen LogP) is 0.117. The minimum Gasteiger partial charge on any atom is -0.480 e. The van der Waals surface area contributed by atoms with Crippen LogP contribution >= 0.6 is 0 Å². The molecule has 0 aliphatic rings. The summed E-state index contributed by atoms with van der Waals surface area (Å²) in [5.74, 6) is -1.01. The number of carbonyl (C=O) groups is 2. The lowest BCUT2D eigenvalue weighted by atomic mass is 10.2. The fourth-order valence-electron chi connectivity index (χ4n) is 1.47. The number of rotatable bonds is 10. The van der Waals surface area contributed by atoms with Gasteiger partial charge in [0.1, 0.15) is 6.04 Å². The highest BCUT2D eigenvalue weighted by molar-refractivity contribution is 5.82. The second kappa shape index (κ2) is 10.6. The minimum absolute atomic E-state index is 0.427. The fraction of sp³-hybridized carbons (Fsp3) is 0.833. The third-order valence-corrected chi connectivity index (χ3v) is 2.64. The molecule has 1 unspecified atom stereocenters. The zero-order valence-corrected chi connectivity index (χ0v) is 11.9. The number of methoxy groups -OCH3 is 1. The fourth-order valence-corrected chi connectivity index (χ4v) is 1.47. The van der Waals surface area contributed by atoms with Gasteiger partial charge in [-0.3, -0.25) is 0 Å². The Balaban J connectivity index is 3.82. The van der Waals surface area contributed by atoms with E-state index in [2.05, 4.69) is 10.6 Å². The molecule has 1 atom stereocenters. The lowest BCUT2D eigenvalue weighted by molar-refractivity contribution is -0.139. The van der Waals surface area contributed by atoms with Crippen molar-refractivity contribution in [3.63, 3.8) is 0 Å². The van der Waals surface area contributed by atoms with Crippen LogP contribution in [0.3, 0.4) is 0 Å². The van der Waals surface area contributed by atoms with E-state index >= 15 is 0 Å². The molecule has 0 aromatic heterocycles. The number of aliphatic carboxylic acids is 1. The van der Waals surface area contributed by atoms with Crippen LogP contribution in [0.4, 0.5) is 4.79 Å². The van der Waals surface area contributed by atoms with Crippen molar-refractivity contribution in [1.82, 2.24) is 15.5 Å². The number of amides is 2. The smallest absolute Gasteiger partial charge is 0.326 e. The van der Waals surface area contributed by atoms with E-state index < -0.39 is 18.0 Å². The summed E-state index contributed by atoms with van der Waals surface area (Å²) in [5.41, 5.74) is 0. The molecule has 0 saturated carbocycles. The number of hydrogen-bond acceptors (Lipinski definition) is 4. The molecule has 0 aliphatic heterocycles. The number of ether oxygens (including phenoxy) is 1. The van der Waals surface area contributed by atoms with Crippen LogP contribution in [0, 0.1) is 0 Å². The SMILES string of the molecule is CCCC(NC(=O)NCCN(C)CCOC)C(=O)O. The molecule has 0 aliphatic carbocycles. The molecule has 0 bridgehead atoms. The lowest BCUT2D eigenvalue weighted by Gasteiger charge is -2.17. The van der Waals surface area contributed by atoms with Gasteiger partial charge in [-0.1, -0.05) is 13.3 Å². The average Bonchev–Trinajstić information content (AvgIpc) is 2.35. The average molecular weight is 275 g/mol. The highest BCUT2D eigenvalue weighted by Gasteiger charge is 2.18. The number of carbonyl (C=O) groups excluding carboxylic acids is 1. The third kappa shape index (κ3) is 9.26. The summed E-state index contributed by atoms with van der Waals surface area (Å²) < 4.78 is 4.94. The van der Waals surface area contributed by atoms with Crippen molar-refractivity contribution >= 4 is 12.0 Å². The van der Waals surface area contributed by atoms with Gasteiger partial charge in [0.25, 0.3) is 0 Å². The van der Waals surface area contributed by atoms with Gasteiger partial charge in [0.15, 0.2) is 0 Å². The summed E-state index contributed by atoms with van der Waals surface area (Å²) in [4.78, 5) is 24.4. The van der Waals surface area contributed by atoms with Crippen LogP contribution in [-0.4, -0.2) is 68.4 Å². The largest absolute Gasteiger partial charge is 0.480 e. The van der Waals surface area contributed by atoms with Crippen molar-refractivity contribution in [1.29, 1.82) is 0 Å². The Morgan fingerprint density at radius 1 is 1.37 bits per heavy atom. The van der Waals surface area contributed by atoms with Gasteiger partial charge in [-0.25, -0.2) is 9.59 Å². The molecule has 0 radical (unpaired) electrons. The molecule has 7 heteroatoms. The second-order valence-electron chi connectivity index (χ2n) is 4.38. The Bertz CT molecular complexity index is 274. The third-order valence-electron chi connectivity index (χ3n) is 2.64. The zero-order valence-electron chi connectivity index (χ0n) is 11.9. The Hall–Kier alpha value is -1.34. The summed E-state index contributed by atoms with van der Waals surface area (Å²) in [6, 6.07) is -1.27. The Kier molecular flexibility index (Phi) is 9.82. The molecule has 0 saturated heterocycles. The van der Waals surface area contributed by atoms with Crippen LogP contribution in [-0.2, 0) is 9.53 Å². The van der Waals surface area contributed by atoms with Crippen LogP contribution < -0.4 is 10.6 Å². The lowest BCUT2D eigenvalue weighted by Crippen LogP contribution is -2.47. The zero-order chi connectivity index (χ0) is 14.7. The van der Waals surface area contributed by atoms with Crippen LogP contribution in [0.5, 0.6) is 0 Å². The molecular formula is C12H25N3O4. The van der Waals surface area contributed by atoms with Gasteiger partial charge in [-0.15, -0.1) is 0 Å². The van der Waals surface area contributed by atoms with Crippen molar-refractivity contribution in [2.75, 3.05) is 40.4 Å². The van der Waals surface area contributed by atoms with Crippen molar-refractivity contribution in [3.05, 3.63) is 0 Å². The monoisotopic (exact) mass is 275 g/mol. The van der Waals surface area contributed by atoms with E-state index in [4.69, 9.17) is 9.84 Å². The summed E-state index contributed by atoms with van der Waals surface area (Å²) in [5, 5.41) is 14.0. The maximum Gasteiger partial charge on any atom is 0.326 e. The van der Waals surface area contributed by atoms with Gasteiger partial charge in [0, 0.05) is 26.7 Å². The molecule has 0 rings (SSSR count). The first-order valence-electron chi connectivity index (χ1n) is 6.45. The normalized spacial score (nSPS) is 12.2. The van der Waals surface area contributed by atoms with Crippen LogP contribution in [0.15, 0.2) is 0 Å². The van der Waals surface area contributed by atoms with Gasteiger partial charge >= 0.3 is 12.0 Å². The number of carboxylic acid groups (broad SMARTS) is 1. The Morgan fingerprint density at radius 2 is 2.05 bits per heavy atom. The molecular weight excluding hydrogens is 250 g/mol. The van der Waals surface area contributed by atoms with Gasteiger partial charge in [-0.05, 0) is 13.5 Å². The van der Waals surface area contributed by atoms with E-state index in [0.29, 0.717) is 32.5 Å². The number of carboxylic acids is 1. The quantitative estimate of drug-likeness (QED) is 0.527. The number of nitrogens with one attached hydrogen (secondary N) is 2. The number of nitrogens with zero attached hydrogens (tertiary/aromatic N) is 1. The second-order valence-corrected chi connectivity index (χ2v) is 4.38. The molecule has 0 heterocycles. The molecule has 0 aromatic rings.